The van der Waals surface area contributed by atoms with E-state index in [1.54, 1.807) is 32.6 Å². The van der Waals surface area contributed by atoms with Crippen LogP contribution in [0.25, 0.3) is 10.2 Å². The van der Waals surface area contributed by atoms with Gasteiger partial charge < -0.3 is 20.1 Å². The van der Waals surface area contributed by atoms with Gasteiger partial charge in [-0.05, 0) is 42.7 Å². The molecule has 0 unspecified atom stereocenters. The number of nitrogens with one attached hydrogen (secondary N) is 2. The van der Waals surface area contributed by atoms with Gasteiger partial charge in [-0.15, -0.1) is 35.3 Å². The van der Waals surface area contributed by atoms with E-state index in [1.165, 1.54) is 15.3 Å². The molecule has 0 atom stereocenters. The number of hydrogen-bond donors (Lipinski definition) is 2. The molecule has 1 heterocycles. The molecular weight excluding hydrogens is 511 g/mol. The Morgan fingerprint density at radius 2 is 1.77 bits per heavy atom. The lowest BCUT2D eigenvalue weighted by Crippen LogP contribution is -2.38. The molecule has 1 aromatic heterocycles. The number of nitrogens with zero attached hydrogens (tertiary/aromatic N) is 2. The number of para-hydroxylation sites is 1. The summed E-state index contributed by atoms with van der Waals surface area (Å²) >= 11 is 1.77. The highest BCUT2D eigenvalue weighted by Gasteiger charge is 2.06. The second-order valence-electron chi connectivity index (χ2n) is 6.54. The number of aryl methyl sites for hydroxylation is 1. The Kier molecular flexibility index (Phi) is 10.2. The summed E-state index contributed by atoms with van der Waals surface area (Å²) in [5, 5.41) is 7.91. The molecule has 0 radical (unpaired) electrons. The zero-order chi connectivity index (χ0) is 20.5. The number of halogens is 1. The molecule has 30 heavy (non-hydrogen) atoms. The minimum atomic E-state index is 0. The Morgan fingerprint density at radius 3 is 2.50 bits per heavy atom. The number of aromatic nitrogens is 1. The lowest BCUT2D eigenvalue weighted by molar-refractivity contribution is 0.354. The minimum Gasteiger partial charge on any atom is -0.493 e. The van der Waals surface area contributed by atoms with Crippen LogP contribution in [-0.4, -0.2) is 45.3 Å². The average Bonchev–Trinajstić information content (AvgIpc) is 3.18. The van der Waals surface area contributed by atoms with E-state index in [2.05, 4.69) is 44.9 Å². The van der Waals surface area contributed by atoms with E-state index in [4.69, 9.17) is 9.47 Å². The van der Waals surface area contributed by atoms with Gasteiger partial charge in [0.15, 0.2) is 17.5 Å². The Balaban J connectivity index is 0.00000320. The van der Waals surface area contributed by atoms with Crippen molar-refractivity contribution in [3.8, 4) is 11.5 Å². The minimum absolute atomic E-state index is 0. The smallest absolute Gasteiger partial charge is 0.190 e. The fourth-order valence-corrected chi connectivity index (χ4v) is 4.06. The van der Waals surface area contributed by atoms with Gasteiger partial charge in [0, 0.05) is 26.6 Å². The molecule has 0 aliphatic heterocycles. The van der Waals surface area contributed by atoms with Gasteiger partial charge >= 0.3 is 0 Å². The second kappa shape index (κ2) is 12.6. The third-order valence-electron chi connectivity index (χ3n) is 4.58. The van der Waals surface area contributed by atoms with E-state index in [-0.39, 0.29) is 24.0 Å². The topological polar surface area (TPSA) is 67.8 Å². The van der Waals surface area contributed by atoms with E-state index in [9.17, 15) is 0 Å². The summed E-state index contributed by atoms with van der Waals surface area (Å²) in [6, 6.07) is 14.3. The fourth-order valence-electron chi connectivity index (χ4n) is 3.06. The van der Waals surface area contributed by atoms with Crippen LogP contribution in [0.1, 0.15) is 17.0 Å². The maximum atomic E-state index is 5.36. The normalized spacial score (nSPS) is 11.1. The molecule has 0 amide bonds. The molecule has 2 N–H and O–H groups in total. The zero-order valence-corrected chi connectivity index (χ0v) is 20.8. The third kappa shape index (κ3) is 6.73. The predicted molar refractivity (Wildman–Crippen MR) is 136 cm³/mol. The number of hydrogen-bond acceptors (Lipinski definition) is 5. The third-order valence-corrected chi connectivity index (χ3v) is 5.67. The van der Waals surface area contributed by atoms with Gasteiger partial charge in [0.1, 0.15) is 0 Å². The quantitative estimate of drug-likeness (QED) is 0.184. The molecule has 3 aromatic rings. The first-order valence-corrected chi connectivity index (χ1v) is 10.5. The summed E-state index contributed by atoms with van der Waals surface area (Å²) < 4.78 is 11.9. The summed E-state index contributed by atoms with van der Waals surface area (Å²) in [6.07, 6.45) is 2.85. The van der Waals surface area contributed by atoms with Crippen molar-refractivity contribution in [3.05, 3.63) is 53.0 Å². The Bertz CT molecular complexity index is 928. The number of fused-ring (bicyclic) bond motifs is 1. The average molecular weight is 540 g/mol. The van der Waals surface area contributed by atoms with Crippen molar-refractivity contribution in [1.29, 1.82) is 0 Å². The molecule has 0 saturated heterocycles. The lowest BCUT2D eigenvalue weighted by Gasteiger charge is -2.13. The van der Waals surface area contributed by atoms with Crippen molar-refractivity contribution in [2.24, 2.45) is 4.99 Å². The summed E-state index contributed by atoms with van der Waals surface area (Å²) in [4.78, 5) is 8.98. The van der Waals surface area contributed by atoms with Crippen LogP contribution in [0, 0.1) is 0 Å². The van der Waals surface area contributed by atoms with E-state index in [0.29, 0.717) is 0 Å². The van der Waals surface area contributed by atoms with Crippen LogP contribution in [0.15, 0.2) is 47.5 Å². The molecule has 6 nitrogen and oxygen atoms in total. The van der Waals surface area contributed by atoms with Crippen LogP contribution in [0.2, 0.25) is 0 Å². The number of benzene rings is 2. The van der Waals surface area contributed by atoms with Crippen molar-refractivity contribution in [2.45, 2.75) is 19.3 Å². The maximum absolute atomic E-state index is 5.36. The number of methoxy groups -OCH3 is 2. The molecule has 0 spiro atoms. The molecule has 0 saturated carbocycles. The number of ether oxygens (including phenoxy) is 2. The molecule has 0 aliphatic rings. The molecule has 2 aromatic carbocycles. The van der Waals surface area contributed by atoms with Crippen molar-refractivity contribution in [2.75, 3.05) is 34.4 Å². The molecule has 0 aliphatic carbocycles. The van der Waals surface area contributed by atoms with Gasteiger partial charge in [0.2, 0.25) is 0 Å². The number of guanidine groups is 1. The standard InChI is InChI=1S/C22H28N4O2S.HI/c1-23-22(25-14-12-16-10-11-18(27-2)19(15-16)28-3)24-13-6-9-21-26-17-7-4-5-8-20(17)29-21;/h4-5,7-8,10-11,15H,6,9,12-14H2,1-3H3,(H2,23,24,25);1H. The van der Waals surface area contributed by atoms with E-state index < -0.39 is 0 Å². The van der Waals surface area contributed by atoms with Crippen LogP contribution in [0.4, 0.5) is 0 Å². The van der Waals surface area contributed by atoms with Crippen LogP contribution < -0.4 is 20.1 Å². The van der Waals surface area contributed by atoms with Crippen LogP contribution >= 0.6 is 35.3 Å². The predicted octanol–water partition coefficient (Wildman–Crippen LogP) is 4.27. The summed E-state index contributed by atoms with van der Waals surface area (Å²) in [5.41, 5.74) is 2.27. The van der Waals surface area contributed by atoms with Gasteiger partial charge in [0.05, 0.1) is 29.4 Å². The second-order valence-corrected chi connectivity index (χ2v) is 7.66. The zero-order valence-electron chi connectivity index (χ0n) is 17.6. The van der Waals surface area contributed by atoms with Crippen LogP contribution in [-0.2, 0) is 12.8 Å². The van der Waals surface area contributed by atoms with Crippen LogP contribution in [0.3, 0.4) is 0 Å². The molecule has 0 fully saturated rings. The monoisotopic (exact) mass is 540 g/mol. The highest BCUT2D eigenvalue weighted by Crippen LogP contribution is 2.27. The summed E-state index contributed by atoms with van der Waals surface area (Å²) in [6.45, 7) is 1.64. The Morgan fingerprint density at radius 1 is 1.00 bits per heavy atom. The largest absolute Gasteiger partial charge is 0.493 e. The summed E-state index contributed by atoms with van der Waals surface area (Å²) in [7, 11) is 5.09. The van der Waals surface area contributed by atoms with Gasteiger partial charge in [-0.3, -0.25) is 4.99 Å². The molecule has 0 bridgehead atoms. The molecule has 8 heteroatoms. The van der Waals surface area contributed by atoms with Crippen molar-refractivity contribution in [3.63, 3.8) is 0 Å². The van der Waals surface area contributed by atoms with E-state index in [0.717, 1.165) is 55.3 Å². The number of aliphatic imine (C=N–C) groups is 1. The molecule has 162 valence electrons. The summed E-state index contributed by atoms with van der Waals surface area (Å²) in [5.74, 6) is 2.31. The van der Waals surface area contributed by atoms with E-state index >= 15 is 0 Å². The maximum Gasteiger partial charge on any atom is 0.190 e. The van der Waals surface area contributed by atoms with Crippen molar-refractivity contribution >= 4 is 51.5 Å². The van der Waals surface area contributed by atoms with Crippen molar-refractivity contribution in [1.82, 2.24) is 15.6 Å². The van der Waals surface area contributed by atoms with Gasteiger partial charge in [-0.1, -0.05) is 18.2 Å². The first-order valence-electron chi connectivity index (χ1n) is 9.73. The molecular formula is C22H29IN4O2S. The van der Waals surface area contributed by atoms with Gasteiger partial charge in [-0.2, -0.15) is 0 Å². The Labute approximate surface area is 199 Å². The van der Waals surface area contributed by atoms with Gasteiger partial charge in [0.25, 0.3) is 0 Å². The highest BCUT2D eigenvalue weighted by atomic mass is 127. The van der Waals surface area contributed by atoms with Gasteiger partial charge in [-0.25, -0.2) is 4.98 Å². The SMILES string of the molecule is CN=C(NCCCc1nc2ccccc2s1)NCCc1ccc(OC)c(OC)c1.I. The fraction of sp³-hybridized carbons (Fsp3) is 0.364. The molecule has 3 rings (SSSR count). The first-order chi connectivity index (χ1) is 14.2. The van der Waals surface area contributed by atoms with Crippen LogP contribution in [0.5, 0.6) is 11.5 Å². The van der Waals surface area contributed by atoms with Crippen molar-refractivity contribution < 1.29 is 9.47 Å². The lowest BCUT2D eigenvalue weighted by atomic mass is 10.1. The number of thiazole rings is 1. The highest BCUT2D eigenvalue weighted by molar-refractivity contribution is 14.0. The number of rotatable bonds is 9. The van der Waals surface area contributed by atoms with E-state index in [1.807, 2.05) is 18.2 Å². The Hall–Kier alpha value is -2.07. The first kappa shape index (κ1) is 24.2.